The van der Waals surface area contributed by atoms with Gasteiger partial charge in [-0.1, -0.05) is 0 Å². The monoisotopic (exact) mass is 305 g/mol. The number of benzene rings is 1. The Morgan fingerprint density at radius 2 is 2.18 bits per heavy atom. The molecule has 0 radical (unpaired) electrons. The lowest BCUT2D eigenvalue weighted by Gasteiger charge is -2.09. The van der Waals surface area contributed by atoms with Crippen molar-refractivity contribution in [3.05, 3.63) is 41.7 Å². The normalized spacial score (nSPS) is 19.5. The topological polar surface area (TPSA) is 60.2 Å². The summed E-state index contributed by atoms with van der Waals surface area (Å²) in [6, 6.07) is 6.10. The Hall–Kier alpha value is -1.79. The summed E-state index contributed by atoms with van der Waals surface area (Å²) < 4.78 is 20.4. The molecule has 5 nitrogen and oxygen atoms in total. The molecule has 0 spiro atoms. The van der Waals surface area contributed by atoms with E-state index in [4.69, 9.17) is 4.74 Å². The minimum Gasteiger partial charge on any atom is -0.385 e. The standard InChI is InChI=1S/C16H20FN3O2/c1-11(21)16-18-15(9-8-14-3-2-10-22-14)20(19-16)13-6-4-12(17)5-7-13/h4-7,11,14,21H,2-3,8-10H2,1H3/t11?,14-/m0/s1. The number of aromatic nitrogens is 3. The molecule has 1 unspecified atom stereocenters. The van der Waals surface area contributed by atoms with Gasteiger partial charge in [0.05, 0.1) is 11.8 Å². The summed E-state index contributed by atoms with van der Waals surface area (Å²) in [7, 11) is 0. The second kappa shape index (κ2) is 6.54. The van der Waals surface area contributed by atoms with Gasteiger partial charge in [-0.05, 0) is 50.5 Å². The number of nitrogens with zero attached hydrogens (tertiary/aromatic N) is 3. The summed E-state index contributed by atoms with van der Waals surface area (Å²) >= 11 is 0. The first kappa shape index (κ1) is 15.1. The zero-order chi connectivity index (χ0) is 15.5. The minimum atomic E-state index is -0.733. The number of hydrogen-bond donors (Lipinski definition) is 1. The average Bonchev–Trinajstić information content (AvgIpc) is 3.15. The van der Waals surface area contributed by atoms with E-state index in [2.05, 4.69) is 10.1 Å². The van der Waals surface area contributed by atoms with Gasteiger partial charge in [-0.3, -0.25) is 0 Å². The fourth-order valence-corrected chi connectivity index (χ4v) is 2.65. The lowest BCUT2D eigenvalue weighted by atomic mass is 10.1. The maximum Gasteiger partial charge on any atom is 0.179 e. The lowest BCUT2D eigenvalue weighted by Crippen LogP contribution is -2.10. The summed E-state index contributed by atoms with van der Waals surface area (Å²) in [5, 5.41) is 14.1. The number of aryl methyl sites for hydroxylation is 1. The van der Waals surface area contributed by atoms with Crippen molar-refractivity contribution < 1.29 is 14.2 Å². The van der Waals surface area contributed by atoms with Gasteiger partial charge in [0.25, 0.3) is 0 Å². The molecule has 118 valence electrons. The van der Waals surface area contributed by atoms with Crippen LogP contribution in [0.1, 0.15) is 43.9 Å². The third-order valence-electron chi connectivity index (χ3n) is 3.85. The van der Waals surface area contributed by atoms with E-state index in [1.807, 2.05) is 0 Å². The van der Waals surface area contributed by atoms with Crippen LogP contribution in [0, 0.1) is 5.82 Å². The molecule has 1 aromatic heterocycles. The predicted molar refractivity (Wildman–Crippen MR) is 79.2 cm³/mol. The minimum absolute atomic E-state index is 0.272. The fraction of sp³-hybridized carbons (Fsp3) is 0.500. The summed E-state index contributed by atoms with van der Waals surface area (Å²) in [5.41, 5.74) is 0.739. The van der Waals surface area contributed by atoms with Crippen LogP contribution >= 0.6 is 0 Å². The Balaban J connectivity index is 1.84. The van der Waals surface area contributed by atoms with Crippen LogP contribution in [0.2, 0.25) is 0 Å². The maximum atomic E-state index is 13.1. The summed E-state index contributed by atoms with van der Waals surface area (Å²) in [4.78, 5) is 4.42. The first-order valence-electron chi connectivity index (χ1n) is 7.65. The summed E-state index contributed by atoms with van der Waals surface area (Å²) in [6.07, 6.45) is 3.31. The van der Waals surface area contributed by atoms with Crippen molar-refractivity contribution in [2.24, 2.45) is 0 Å². The van der Waals surface area contributed by atoms with E-state index >= 15 is 0 Å². The highest BCUT2D eigenvalue weighted by Crippen LogP contribution is 2.20. The van der Waals surface area contributed by atoms with Gasteiger partial charge in [-0.15, -0.1) is 5.10 Å². The van der Waals surface area contributed by atoms with Crippen molar-refractivity contribution in [2.45, 2.75) is 44.8 Å². The molecule has 1 saturated heterocycles. The van der Waals surface area contributed by atoms with Crippen LogP contribution in [-0.4, -0.2) is 32.6 Å². The Morgan fingerprint density at radius 1 is 1.41 bits per heavy atom. The van der Waals surface area contributed by atoms with E-state index in [0.29, 0.717) is 12.2 Å². The molecule has 1 aromatic carbocycles. The van der Waals surface area contributed by atoms with Crippen LogP contribution < -0.4 is 0 Å². The van der Waals surface area contributed by atoms with Gasteiger partial charge in [0.2, 0.25) is 0 Å². The zero-order valence-corrected chi connectivity index (χ0v) is 12.6. The Bertz CT molecular complexity index is 619. The highest BCUT2D eigenvalue weighted by molar-refractivity contribution is 5.32. The molecule has 1 aliphatic heterocycles. The van der Waals surface area contributed by atoms with Gasteiger partial charge in [0.15, 0.2) is 5.82 Å². The van der Waals surface area contributed by atoms with E-state index in [1.54, 1.807) is 23.7 Å². The molecule has 6 heteroatoms. The number of hydrogen-bond acceptors (Lipinski definition) is 4. The molecule has 1 fully saturated rings. The Labute approximate surface area is 128 Å². The number of aliphatic hydroxyl groups excluding tert-OH is 1. The Kier molecular flexibility index (Phi) is 4.49. The summed E-state index contributed by atoms with van der Waals surface area (Å²) in [6.45, 7) is 2.46. The van der Waals surface area contributed by atoms with Gasteiger partial charge < -0.3 is 9.84 Å². The first-order valence-corrected chi connectivity index (χ1v) is 7.65. The third-order valence-corrected chi connectivity index (χ3v) is 3.85. The van der Waals surface area contributed by atoms with Crippen molar-refractivity contribution in [1.82, 2.24) is 14.8 Å². The van der Waals surface area contributed by atoms with Gasteiger partial charge in [0.1, 0.15) is 17.7 Å². The SMILES string of the molecule is CC(O)c1nc(CC[C@@H]2CCCO2)n(-c2ccc(F)cc2)n1. The van der Waals surface area contributed by atoms with E-state index < -0.39 is 6.10 Å². The lowest BCUT2D eigenvalue weighted by molar-refractivity contribution is 0.104. The highest BCUT2D eigenvalue weighted by Gasteiger charge is 2.19. The van der Waals surface area contributed by atoms with Crippen LogP contribution in [-0.2, 0) is 11.2 Å². The van der Waals surface area contributed by atoms with E-state index in [-0.39, 0.29) is 11.9 Å². The molecule has 3 rings (SSSR count). The van der Waals surface area contributed by atoms with Crippen molar-refractivity contribution in [3.8, 4) is 5.69 Å². The van der Waals surface area contributed by atoms with E-state index in [1.165, 1.54) is 12.1 Å². The molecule has 22 heavy (non-hydrogen) atoms. The van der Waals surface area contributed by atoms with Crippen molar-refractivity contribution >= 4 is 0 Å². The molecular formula is C16H20FN3O2. The van der Waals surface area contributed by atoms with Gasteiger partial charge in [-0.25, -0.2) is 14.1 Å². The second-order valence-corrected chi connectivity index (χ2v) is 5.62. The molecule has 1 aliphatic rings. The molecule has 1 N–H and O–H groups in total. The van der Waals surface area contributed by atoms with E-state index in [0.717, 1.165) is 37.4 Å². The van der Waals surface area contributed by atoms with Gasteiger partial charge in [-0.2, -0.15) is 0 Å². The largest absolute Gasteiger partial charge is 0.385 e. The second-order valence-electron chi connectivity index (χ2n) is 5.62. The number of halogens is 1. The quantitative estimate of drug-likeness (QED) is 0.922. The summed E-state index contributed by atoms with van der Waals surface area (Å²) in [5.74, 6) is 0.852. The molecular weight excluding hydrogens is 285 g/mol. The molecule has 2 atom stereocenters. The first-order chi connectivity index (χ1) is 10.6. The van der Waals surface area contributed by atoms with Crippen molar-refractivity contribution in [1.29, 1.82) is 0 Å². The van der Waals surface area contributed by atoms with Crippen LogP contribution in [0.5, 0.6) is 0 Å². The molecule has 2 aromatic rings. The highest BCUT2D eigenvalue weighted by atomic mass is 19.1. The molecule has 0 amide bonds. The van der Waals surface area contributed by atoms with Crippen LogP contribution in [0.4, 0.5) is 4.39 Å². The smallest absolute Gasteiger partial charge is 0.179 e. The van der Waals surface area contributed by atoms with E-state index in [9.17, 15) is 9.50 Å². The zero-order valence-electron chi connectivity index (χ0n) is 12.6. The van der Waals surface area contributed by atoms with Crippen LogP contribution in [0.25, 0.3) is 5.69 Å². The van der Waals surface area contributed by atoms with Crippen LogP contribution in [0.3, 0.4) is 0 Å². The number of ether oxygens (including phenoxy) is 1. The van der Waals surface area contributed by atoms with Gasteiger partial charge >= 0.3 is 0 Å². The van der Waals surface area contributed by atoms with Crippen molar-refractivity contribution in [3.63, 3.8) is 0 Å². The van der Waals surface area contributed by atoms with Crippen LogP contribution in [0.15, 0.2) is 24.3 Å². The fourth-order valence-electron chi connectivity index (χ4n) is 2.65. The third kappa shape index (κ3) is 3.34. The van der Waals surface area contributed by atoms with Gasteiger partial charge in [0, 0.05) is 13.0 Å². The maximum absolute atomic E-state index is 13.1. The molecule has 2 heterocycles. The average molecular weight is 305 g/mol. The molecule has 0 saturated carbocycles. The Morgan fingerprint density at radius 3 is 2.82 bits per heavy atom. The number of rotatable bonds is 5. The predicted octanol–water partition coefficient (Wildman–Crippen LogP) is 2.57. The molecule has 0 aliphatic carbocycles. The molecule has 0 bridgehead atoms. The number of aliphatic hydroxyl groups is 1. The van der Waals surface area contributed by atoms with Crippen molar-refractivity contribution in [2.75, 3.05) is 6.61 Å².